The highest BCUT2D eigenvalue weighted by molar-refractivity contribution is 14.0. The van der Waals surface area contributed by atoms with Gasteiger partial charge in [0, 0.05) is 19.2 Å². The van der Waals surface area contributed by atoms with Gasteiger partial charge in [0.05, 0.1) is 24.5 Å². The second-order valence-electron chi connectivity index (χ2n) is 7.07. The number of rotatable bonds is 9. The van der Waals surface area contributed by atoms with Crippen LogP contribution in [0.25, 0.3) is 11.5 Å². The minimum absolute atomic E-state index is 0. The highest BCUT2D eigenvalue weighted by Crippen LogP contribution is 2.20. The number of aryl methyl sites for hydroxylation is 1. The van der Waals surface area contributed by atoms with Crippen LogP contribution in [0.3, 0.4) is 0 Å². The van der Waals surface area contributed by atoms with Gasteiger partial charge in [0.25, 0.3) is 0 Å². The summed E-state index contributed by atoms with van der Waals surface area (Å²) in [6.07, 6.45) is 3.39. The van der Waals surface area contributed by atoms with Gasteiger partial charge in [-0.25, -0.2) is 4.98 Å². The van der Waals surface area contributed by atoms with E-state index in [0.717, 1.165) is 30.1 Å². The molecule has 3 rings (SSSR count). The van der Waals surface area contributed by atoms with Gasteiger partial charge < -0.3 is 19.5 Å². The number of guanidine groups is 1. The lowest BCUT2D eigenvalue weighted by atomic mass is 10.1. The van der Waals surface area contributed by atoms with Crippen LogP contribution in [0.5, 0.6) is 0 Å². The fourth-order valence-corrected chi connectivity index (χ4v) is 3.36. The molecule has 0 bridgehead atoms. The molecule has 0 spiro atoms. The Balaban J connectivity index is 0.00000341. The summed E-state index contributed by atoms with van der Waals surface area (Å²) < 4.78 is 11.3. The minimum Gasteiger partial charge on any atom is -0.468 e. The van der Waals surface area contributed by atoms with E-state index in [1.807, 2.05) is 24.3 Å². The minimum atomic E-state index is 0. The van der Waals surface area contributed by atoms with Crippen LogP contribution < -0.4 is 10.6 Å². The second-order valence-corrected chi connectivity index (χ2v) is 7.07. The van der Waals surface area contributed by atoms with E-state index in [0.29, 0.717) is 24.9 Å². The molecule has 0 fully saturated rings. The van der Waals surface area contributed by atoms with E-state index in [9.17, 15) is 0 Å². The Morgan fingerprint density at radius 3 is 2.45 bits per heavy atom. The molecular formula is C23H32IN5O2. The first-order valence-corrected chi connectivity index (χ1v) is 10.4. The maximum Gasteiger partial charge on any atom is 0.226 e. The van der Waals surface area contributed by atoms with Gasteiger partial charge in [-0.15, -0.1) is 24.0 Å². The zero-order valence-electron chi connectivity index (χ0n) is 18.6. The first kappa shape index (κ1) is 24.9. The molecule has 2 N–H and O–H groups in total. The van der Waals surface area contributed by atoms with E-state index < -0.39 is 0 Å². The molecule has 2 heterocycles. The number of aromatic nitrogens is 1. The second kappa shape index (κ2) is 12.5. The van der Waals surface area contributed by atoms with Gasteiger partial charge in [0.15, 0.2) is 5.96 Å². The Kier molecular flexibility index (Phi) is 10.1. The number of halogens is 1. The van der Waals surface area contributed by atoms with Crippen LogP contribution in [-0.2, 0) is 6.54 Å². The van der Waals surface area contributed by atoms with Crippen LogP contribution in [0.15, 0.2) is 62.8 Å². The van der Waals surface area contributed by atoms with Crippen molar-refractivity contribution in [2.75, 3.05) is 26.7 Å². The number of hydrogen-bond acceptors (Lipinski definition) is 5. The summed E-state index contributed by atoms with van der Waals surface area (Å²) in [5, 5.41) is 6.70. The molecule has 168 valence electrons. The van der Waals surface area contributed by atoms with E-state index in [2.05, 4.69) is 58.4 Å². The lowest BCUT2D eigenvalue weighted by Gasteiger charge is -2.28. The highest BCUT2D eigenvalue weighted by Gasteiger charge is 2.20. The molecule has 0 radical (unpaired) electrons. The summed E-state index contributed by atoms with van der Waals surface area (Å²) in [5.74, 6) is 2.27. The Labute approximate surface area is 201 Å². The third-order valence-electron chi connectivity index (χ3n) is 5.10. The van der Waals surface area contributed by atoms with Crippen LogP contribution in [-0.4, -0.2) is 42.5 Å². The average Bonchev–Trinajstić information content (AvgIpc) is 3.46. The third kappa shape index (κ3) is 6.83. The van der Waals surface area contributed by atoms with Crippen molar-refractivity contribution in [1.82, 2.24) is 20.5 Å². The number of furan rings is 1. The largest absolute Gasteiger partial charge is 0.468 e. The van der Waals surface area contributed by atoms with E-state index in [1.54, 1.807) is 19.6 Å². The van der Waals surface area contributed by atoms with Gasteiger partial charge in [-0.05, 0) is 44.3 Å². The Bertz CT molecular complexity index is 918. The van der Waals surface area contributed by atoms with E-state index in [1.165, 1.54) is 5.56 Å². The third-order valence-corrected chi connectivity index (χ3v) is 5.10. The zero-order chi connectivity index (χ0) is 21.3. The van der Waals surface area contributed by atoms with Crippen molar-refractivity contribution in [3.05, 3.63) is 65.9 Å². The summed E-state index contributed by atoms with van der Waals surface area (Å²) >= 11 is 0. The number of nitrogens with zero attached hydrogens (tertiary/aromatic N) is 3. The average molecular weight is 537 g/mol. The smallest absolute Gasteiger partial charge is 0.226 e. The molecule has 1 aromatic carbocycles. The zero-order valence-corrected chi connectivity index (χ0v) is 20.9. The maximum absolute atomic E-state index is 5.66. The molecule has 31 heavy (non-hydrogen) atoms. The summed E-state index contributed by atoms with van der Waals surface area (Å²) in [6, 6.07) is 12.2. The lowest BCUT2D eigenvalue weighted by molar-refractivity contribution is 0.193. The molecule has 0 saturated heterocycles. The van der Waals surface area contributed by atoms with E-state index >= 15 is 0 Å². The van der Waals surface area contributed by atoms with Crippen molar-refractivity contribution >= 4 is 29.9 Å². The maximum atomic E-state index is 5.66. The fourth-order valence-electron chi connectivity index (χ4n) is 3.36. The van der Waals surface area contributed by atoms with Crippen LogP contribution in [0.2, 0.25) is 0 Å². The first-order valence-electron chi connectivity index (χ1n) is 10.4. The molecule has 7 nitrogen and oxygen atoms in total. The first-order chi connectivity index (χ1) is 14.6. The van der Waals surface area contributed by atoms with Crippen LogP contribution in [0.1, 0.15) is 36.9 Å². The van der Waals surface area contributed by atoms with Crippen LogP contribution in [0.4, 0.5) is 0 Å². The van der Waals surface area contributed by atoms with Crippen molar-refractivity contribution in [1.29, 1.82) is 0 Å². The van der Waals surface area contributed by atoms with E-state index in [-0.39, 0.29) is 30.0 Å². The van der Waals surface area contributed by atoms with Crippen LogP contribution in [0, 0.1) is 6.92 Å². The van der Waals surface area contributed by atoms with Gasteiger partial charge in [-0.3, -0.25) is 9.89 Å². The molecule has 0 saturated carbocycles. The monoisotopic (exact) mass is 537 g/mol. The van der Waals surface area contributed by atoms with Gasteiger partial charge in [0.1, 0.15) is 12.0 Å². The quantitative estimate of drug-likeness (QED) is 0.236. The van der Waals surface area contributed by atoms with Gasteiger partial charge in [-0.2, -0.15) is 0 Å². The lowest BCUT2D eigenvalue weighted by Crippen LogP contribution is -2.43. The molecule has 1 unspecified atom stereocenters. The predicted octanol–water partition coefficient (Wildman–Crippen LogP) is 4.61. The van der Waals surface area contributed by atoms with Crippen molar-refractivity contribution in [3.63, 3.8) is 0 Å². The van der Waals surface area contributed by atoms with E-state index in [4.69, 9.17) is 8.83 Å². The molecule has 0 aliphatic rings. The topological polar surface area (TPSA) is 78.8 Å². The van der Waals surface area contributed by atoms with Crippen molar-refractivity contribution in [2.24, 2.45) is 4.99 Å². The van der Waals surface area contributed by atoms with Crippen molar-refractivity contribution < 1.29 is 8.83 Å². The molecule has 8 heteroatoms. The number of likely N-dealkylation sites (N-methyl/N-ethyl adjacent to an activating group) is 1. The Morgan fingerprint density at radius 2 is 1.84 bits per heavy atom. The predicted molar refractivity (Wildman–Crippen MR) is 135 cm³/mol. The molecule has 0 aliphatic heterocycles. The Hall–Kier alpha value is -2.33. The van der Waals surface area contributed by atoms with Gasteiger partial charge in [0.2, 0.25) is 5.89 Å². The molecule has 3 aromatic rings. The fraction of sp³-hybridized carbons (Fsp3) is 0.391. The number of aliphatic imine (C=N–C) groups is 1. The summed E-state index contributed by atoms with van der Waals surface area (Å²) in [5.41, 5.74) is 2.99. The summed E-state index contributed by atoms with van der Waals surface area (Å²) in [7, 11) is 1.76. The molecule has 0 amide bonds. The molecule has 1 atom stereocenters. The van der Waals surface area contributed by atoms with Gasteiger partial charge in [-0.1, -0.05) is 31.5 Å². The Morgan fingerprint density at radius 1 is 1.10 bits per heavy atom. The van der Waals surface area contributed by atoms with Gasteiger partial charge >= 0.3 is 0 Å². The number of hydrogen-bond donors (Lipinski definition) is 2. The molecule has 2 aromatic heterocycles. The SMILES string of the molecule is CCN(CC)C(CNC(=NC)NCc1coc(-c2ccc(C)cc2)n1)c1ccco1.I. The highest BCUT2D eigenvalue weighted by atomic mass is 127. The number of benzene rings is 1. The standard InChI is InChI=1S/C23H31N5O2.HI/c1-5-28(6-2)20(21-8-7-13-29-21)15-26-23(24-4)25-14-19-16-30-22(27-19)18-11-9-17(3)10-12-18;/h7-13,16,20H,5-6,14-15H2,1-4H3,(H2,24,25,26);1H. The molecule has 0 aliphatic carbocycles. The summed E-state index contributed by atoms with van der Waals surface area (Å²) in [4.78, 5) is 11.3. The summed E-state index contributed by atoms with van der Waals surface area (Å²) in [6.45, 7) is 9.45. The van der Waals surface area contributed by atoms with Crippen molar-refractivity contribution in [2.45, 2.75) is 33.4 Å². The normalized spacial score (nSPS) is 12.5. The number of oxazole rings is 1. The molecular weight excluding hydrogens is 505 g/mol. The number of nitrogens with one attached hydrogen (secondary N) is 2. The van der Waals surface area contributed by atoms with Crippen molar-refractivity contribution in [3.8, 4) is 11.5 Å². The van der Waals surface area contributed by atoms with Crippen LogP contribution >= 0.6 is 24.0 Å².